The molecule has 0 bridgehead atoms. The average molecular weight is 279 g/mol. The van der Waals surface area contributed by atoms with Crippen LogP contribution in [0.15, 0.2) is 52.9 Å². The van der Waals surface area contributed by atoms with E-state index in [4.69, 9.17) is 10.2 Å². The van der Waals surface area contributed by atoms with Gasteiger partial charge in [0.15, 0.2) is 0 Å². The fourth-order valence-electron chi connectivity index (χ4n) is 2.74. The van der Waals surface area contributed by atoms with Crippen LogP contribution in [0.4, 0.5) is 0 Å². The minimum atomic E-state index is -0.0580. The first-order valence-corrected chi connectivity index (χ1v) is 7.43. The van der Waals surface area contributed by atoms with Crippen molar-refractivity contribution in [2.75, 3.05) is 0 Å². The van der Waals surface area contributed by atoms with E-state index < -0.39 is 0 Å². The summed E-state index contributed by atoms with van der Waals surface area (Å²) in [5.41, 5.74) is 11.0. The van der Waals surface area contributed by atoms with Crippen LogP contribution in [0.25, 0.3) is 11.0 Å². The number of furan rings is 1. The Bertz CT molecular complexity index is 757. The summed E-state index contributed by atoms with van der Waals surface area (Å²) in [5.74, 6) is 0.881. The standard InChI is InChI=1S/C19H21NO/c1-13-5-3-7-15(11-13)9-10-17(20)18-12-16-8-4-6-14(2)19(16)21-18/h3-8,11-12,17H,9-10,20H2,1-2H3. The highest BCUT2D eigenvalue weighted by molar-refractivity contribution is 5.80. The zero-order valence-corrected chi connectivity index (χ0v) is 12.6. The van der Waals surface area contributed by atoms with Gasteiger partial charge in [-0.15, -0.1) is 0 Å². The minimum Gasteiger partial charge on any atom is -0.459 e. The van der Waals surface area contributed by atoms with Crippen LogP contribution < -0.4 is 5.73 Å². The number of hydrogen-bond acceptors (Lipinski definition) is 2. The van der Waals surface area contributed by atoms with Gasteiger partial charge < -0.3 is 10.2 Å². The molecule has 0 aliphatic heterocycles. The molecule has 1 aromatic heterocycles. The molecule has 1 unspecified atom stereocenters. The molecule has 2 nitrogen and oxygen atoms in total. The first-order valence-electron chi connectivity index (χ1n) is 7.43. The molecule has 2 heteroatoms. The molecule has 0 aliphatic carbocycles. The Balaban J connectivity index is 1.75. The van der Waals surface area contributed by atoms with Gasteiger partial charge in [0.25, 0.3) is 0 Å². The molecule has 1 atom stereocenters. The molecule has 21 heavy (non-hydrogen) atoms. The van der Waals surface area contributed by atoms with Crippen LogP contribution in [0.2, 0.25) is 0 Å². The molecule has 0 spiro atoms. The number of nitrogens with two attached hydrogens (primary N) is 1. The highest BCUT2D eigenvalue weighted by atomic mass is 16.3. The van der Waals surface area contributed by atoms with Crippen molar-refractivity contribution in [1.82, 2.24) is 0 Å². The SMILES string of the molecule is Cc1cccc(CCC(N)c2cc3cccc(C)c3o2)c1. The number of rotatable bonds is 4. The smallest absolute Gasteiger partial charge is 0.137 e. The lowest BCUT2D eigenvalue weighted by molar-refractivity contribution is 0.477. The molecule has 0 aliphatic rings. The van der Waals surface area contributed by atoms with E-state index >= 15 is 0 Å². The Labute approximate surface area is 125 Å². The van der Waals surface area contributed by atoms with Gasteiger partial charge in [0.05, 0.1) is 6.04 Å². The van der Waals surface area contributed by atoms with Crippen molar-refractivity contribution in [3.8, 4) is 0 Å². The second kappa shape index (κ2) is 5.74. The molecule has 0 fully saturated rings. The predicted octanol–water partition coefficient (Wildman–Crippen LogP) is 4.68. The van der Waals surface area contributed by atoms with Gasteiger partial charge in [-0.2, -0.15) is 0 Å². The number of benzene rings is 2. The zero-order valence-electron chi connectivity index (χ0n) is 12.6. The molecule has 108 valence electrons. The Morgan fingerprint density at radius 2 is 1.86 bits per heavy atom. The van der Waals surface area contributed by atoms with Gasteiger partial charge in [0, 0.05) is 5.39 Å². The number of para-hydroxylation sites is 1. The van der Waals surface area contributed by atoms with Crippen molar-refractivity contribution in [2.24, 2.45) is 5.73 Å². The summed E-state index contributed by atoms with van der Waals surface area (Å²) in [6.07, 6.45) is 1.86. The van der Waals surface area contributed by atoms with E-state index in [9.17, 15) is 0 Å². The molecule has 0 amide bonds. The van der Waals surface area contributed by atoms with E-state index in [0.717, 1.165) is 35.1 Å². The monoisotopic (exact) mass is 279 g/mol. The molecule has 0 saturated carbocycles. The van der Waals surface area contributed by atoms with Crippen LogP contribution in [-0.2, 0) is 6.42 Å². The third-order valence-electron chi connectivity index (χ3n) is 3.95. The van der Waals surface area contributed by atoms with Crippen molar-refractivity contribution in [3.63, 3.8) is 0 Å². The largest absolute Gasteiger partial charge is 0.459 e. The predicted molar refractivity (Wildman–Crippen MR) is 87.4 cm³/mol. The average Bonchev–Trinajstić information content (AvgIpc) is 2.90. The zero-order chi connectivity index (χ0) is 14.8. The number of fused-ring (bicyclic) bond motifs is 1. The van der Waals surface area contributed by atoms with Crippen molar-refractivity contribution in [3.05, 3.63) is 71.0 Å². The fraction of sp³-hybridized carbons (Fsp3) is 0.263. The van der Waals surface area contributed by atoms with Gasteiger partial charge in [0.2, 0.25) is 0 Å². The van der Waals surface area contributed by atoms with Gasteiger partial charge in [-0.1, -0.05) is 48.0 Å². The van der Waals surface area contributed by atoms with E-state index in [1.165, 1.54) is 11.1 Å². The molecule has 3 rings (SSSR count). The third kappa shape index (κ3) is 3.01. The molecular weight excluding hydrogens is 258 g/mol. The molecule has 2 N–H and O–H groups in total. The Morgan fingerprint density at radius 3 is 2.62 bits per heavy atom. The van der Waals surface area contributed by atoms with Gasteiger partial charge >= 0.3 is 0 Å². The third-order valence-corrected chi connectivity index (χ3v) is 3.95. The summed E-state index contributed by atoms with van der Waals surface area (Å²) in [6, 6.07) is 16.8. The topological polar surface area (TPSA) is 39.2 Å². The summed E-state index contributed by atoms with van der Waals surface area (Å²) >= 11 is 0. The van der Waals surface area contributed by atoms with Gasteiger partial charge in [-0.25, -0.2) is 0 Å². The minimum absolute atomic E-state index is 0.0580. The molecular formula is C19H21NO. The summed E-state index contributed by atoms with van der Waals surface area (Å²) in [7, 11) is 0. The van der Waals surface area contributed by atoms with Crippen molar-refractivity contribution in [1.29, 1.82) is 0 Å². The van der Waals surface area contributed by atoms with Gasteiger partial charge in [-0.05, 0) is 43.9 Å². The van der Waals surface area contributed by atoms with Crippen LogP contribution in [0.3, 0.4) is 0 Å². The van der Waals surface area contributed by atoms with Crippen LogP contribution >= 0.6 is 0 Å². The summed E-state index contributed by atoms with van der Waals surface area (Å²) in [5, 5.41) is 1.14. The molecule has 3 aromatic rings. The van der Waals surface area contributed by atoms with E-state index in [0.29, 0.717) is 0 Å². The Hall–Kier alpha value is -2.06. The number of hydrogen-bond donors (Lipinski definition) is 1. The second-order valence-electron chi connectivity index (χ2n) is 5.78. The molecule has 1 heterocycles. The quantitative estimate of drug-likeness (QED) is 0.753. The fourth-order valence-corrected chi connectivity index (χ4v) is 2.74. The van der Waals surface area contributed by atoms with Crippen LogP contribution in [0, 0.1) is 13.8 Å². The molecule has 0 radical (unpaired) electrons. The van der Waals surface area contributed by atoms with Crippen LogP contribution in [-0.4, -0.2) is 0 Å². The Morgan fingerprint density at radius 1 is 1.05 bits per heavy atom. The lowest BCUT2D eigenvalue weighted by Gasteiger charge is -2.09. The lowest BCUT2D eigenvalue weighted by atomic mass is 10.0. The van der Waals surface area contributed by atoms with E-state index in [1.54, 1.807) is 0 Å². The maximum Gasteiger partial charge on any atom is 0.137 e. The van der Waals surface area contributed by atoms with Crippen LogP contribution in [0.1, 0.15) is 34.9 Å². The Kier molecular flexibility index (Phi) is 3.80. The van der Waals surface area contributed by atoms with Gasteiger partial charge in [0.1, 0.15) is 11.3 Å². The summed E-state index contributed by atoms with van der Waals surface area (Å²) in [6.45, 7) is 4.18. The highest BCUT2D eigenvalue weighted by Gasteiger charge is 2.13. The first-order chi connectivity index (χ1) is 10.1. The van der Waals surface area contributed by atoms with Crippen molar-refractivity contribution >= 4 is 11.0 Å². The maximum absolute atomic E-state index is 6.30. The van der Waals surface area contributed by atoms with Gasteiger partial charge in [-0.3, -0.25) is 0 Å². The van der Waals surface area contributed by atoms with Crippen molar-refractivity contribution in [2.45, 2.75) is 32.7 Å². The highest BCUT2D eigenvalue weighted by Crippen LogP contribution is 2.27. The summed E-state index contributed by atoms with van der Waals surface area (Å²) in [4.78, 5) is 0. The molecule has 0 saturated heterocycles. The number of aryl methyl sites for hydroxylation is 3. The van der Waals surface area contributed by atoms with Crippen LogP contribution in [0.5, 0.6) is 0 Å². The van der Waals surface area contributed by atoms with E-state index in [2.05, 4.69) is 62.4 Å². The maximum atomic E-state index is 6.30. The van der Waals surface area contributed by atoms with Crippen molar-refractivity contribution < 1.29 is 4.42 Å². The normalized spacial score (nSPS) is 12.7. The molecule has 2 aromatic carbocycles. The lowest BCUT2D eigenvalue weighted by Crippen LogP contribution is -2.10. The summed E-state index contributed by atoms with van der Waals surface area (Å²) < 4.78 is 5.95. The van der Waals surface area contributed by atoms with E-state index in [-0.39, 0.29) is 6.04 Å². The first kappa shape index (κ1) is 13.9. The van der Waals surface area contributed by atoms with E-state index in [1.807, 2.05) is 0 Å². The second-order valence-corrected chi connectivity index (χ2v) is 5.78.